The number of nitrogens with zero attached hydrogens (tertiary/aromatic N) is 2. The first-order valence-electron chi connectivity index (χ1n) is 5.97. The Balaban J connectivity index is 1.97. The lowest BCUT2D eigenvalue weighted by atomic mass is 10.1. The van der Waals surface area contributed by atoms with Gasteiger partial charge in [0.2, 0.25) is 0 Å². The average molecular weight is 306 g/mol. The van der Waals surface area contributed by atoms with Crippen LogP contribution in [0.15, 0.2) is 17.1 Å². The van der Waals surface area contributed by atoms with E-state index in [0.29, 0.717) is 5.82 Å². The standard InChI is InChI=1S/C11H13ClFN3O4/c1-14-5-2-3-16(9(18)15-5)7-6(13)11(19)8(17)10(11,4-12)20-7/h2-3,6-8,17,19H,4H2,1H3,(H,14,15,18)/t6-,7+,8?,10+,11-/m0/s1. The van der Waals surface area contributed by atoms with E-state index in [-0.39, 0.29) is 5.88 Å². The fourth-order valence-electron chi connectivity index (χ4n) is 2.69. The van der Waals surface area contributed by atoms with Crippen LogP contribution in [0.2, 0.25) is 0 Å². The molecule has 1 aliphatic carbocycles. The molecule has 1 aromatic heterocycles. The SMILES string of the molecule is CNc1ccn([C@@H]2O[C@]3(CCl)C(O)[C@@]3(O)[C@H]2F)c(=O)n1. The molecule has 2 aliphatic rings. The highest BCUT2D eigenvalue weighted by Gasteiger charge is 2.87. The third-order valence-corrected chi connectivity index (χ3v) is 4.41. The molecule has 2 heterocycles. The van der Waals surface area contributed by atoms with E-state index in [4.69, 9.17) is 16.3 Å². The molecular formula is C11H13ClFN3O4. The summed E-state index contributed by atoms with van der Waals surface area (Å²) in [6.45, 7) is 0. The molecule has 0 aromatic carbocycles. The fraction of sp³-hybridized carbons (Fsp3) is 0.636. The van der Waals surface area contributed by atoms with Gasteiger partial charge < -0.3 is 20.3 Å². The number of hydrogen-bond donors (Lipinski definition) is 3. The van der Waals surface area contributed by atoms with Crippen LogP contribution in [0.5, 0.6) is 0 Å². The molecule has 1 saturated heterocycles. The first kappa shape index (κ1) is 13.7. The molecule has 1 saturated carbocycles. The topological polar surface area (TPSA) is 96.6 Å². The van der Waals surface area contributed by atoms with Crippen molar-refractivity contribution in [3.63, 3.8) is 0 Å². The second-order valence-corrected chi connectivity index (χ2v) is 5.18. The lowest BCUT2D eigenvalue weighted by Gasteiger charge is -2.21. The Morgan fingerprint density at radius 1 is 1.70 bits per heavy atom. The van der Waals surface area contributed by atoms with Crippen LogP contribution in [0.1, 0.15) is 6.23 Å². The Labute approximate surface area is 118 Å². The van der Waals surface area contributed by atoms with E-state index in [1.54, 1.807) is 7.05 Å². The summed E-state index contributed by atoms with van der Waals surface area (Å²) in [6, 6.07) is 1.47. The Bertz CT molecular complexity index is 610. The predicted octanol–water partition coefficient (Wildman–Crippen LogP) is -0.765. The molecule has 3 N–H and O–H groups in total. The zero-order valence-electron chi connectivity index (χ0n) is 10.5. The van der Waals surface area contributed by atoms with Crippen LogP contribution >= 0.6 is 11.6 Å². The fourth-order valence-corrected chi connectivity index (χ4v) is 3.11. The second-order valence-electron chi connectivity index (χ2n) is 4.91. The van der Waals surface area contributed by atoms with Crippen molar-refractivity contribution in [1.29, 1.82) is 0 Å². The van der Waals surface area contributed by atoms with Crippen molar-refractivity contribution in [2.24, 2.45) is 0 Å². The molecule has 2 fully saturated rings. The zero-order chi connectivity index (χ0) is 14.7. The smallest absolute Gasteiger partial charge is 0.351 e. The highest BCUT2D eigenvalue weighted by Crippen LogP contribution is 2.63. The van der Waals surface area contributed by atoms with Gasteiger partial charge in [-0.15, -0.1) is 11.6 Å². The maximum absolute atomic E-state index is 14.3. The van der Waals surface area contributed by atoms with E-state index >= 15 is 0 Å². The molecule has 0 spiro atoms. The Morgan fingerprint density at radius 3 is 2.90 bits per heavy atom. The summed E-state index contributed by atoms with van der Waals surface area (Å²) in [6.07, 6.45) is -3.44. The van der Waals surface area contributed by atoms with E-state index in [0.717, 1.165) is 4.57 Å². The van der Waals surface area contributed by atoms with Crippen LogP contribution in [0.3, 0.4) is 0 Å². The van der Waals surface area contributed by atoms with Crippen molar-refractivity contribution in [2.75, 3.05) is 18.2 Å². The number of rotatable bonds is 3. The number of aliphatic hydroxyl groups excluding tert-OH is 1. The van der Waals surface area contributed by atoms with Crippen LogP contribution in [-0.2, 0) is 4.74 Å². The molecule has 110 valence electrons. The van der Waals surface area contributed by atoms with E-state index in [1.807, 2.05) is 0 Å². The minimum Gasteiger partial charge on any atom is -0.387 e. The lowest BCUT2D eigenvalue weighted by molar-refractivity contribution is -0.0867. The van der Waals surface area contributed by atoms with Crippen LogP contribution in [0, 0.1) is 0 Å². The molecule has 5 atom stereocenters. The maximum atomic E-state index is 14.3. The first-order chi connectivity index (χ1) is 9.42. The Morgan fingerprint density at radius 2 is 2.40 bits per heavy atom. The van der Waals surface area contributed by atoms with Crippen molar-refractivity contribution in [3.8, 4) is 0 Å². The average Bonchev–Trinajstić information content (AvgIpc) is 2.81. The van der Waals surface area contributed by atoms with Gasteiger partial charge in [-0.05, 0) is 6.07 Å². The summed E-state index contributed by atoms with van der Waals surface area (Å²) in [5.74, 6) is 0.0499. The van der Waals surface area contributed by atoms with Gasteiger partial charge in [0.25, 0.3) is 0 Å². The van der Waals surface area contributed by atoms with Crippen molar-refractivity contribution in [1.82, 2.24) is 9.55 Å². The van der Waals surface area contributed by atoms with Crippen molar-refractivity contribution in [3.05, 3.63) is 22.7 Å². The first-order valence-corrected chi connectivity index (χ1v) is 6.51. The van der Waals surface area contributed by atoms with Gasteiger partial charge in [-0.25, -0.2) is 9.18 Å². The maximum Gasteiger partial charge on any atom is 0.351 e. The number of alkyl halides is 2. The van der Waals surface area contributed by atoms with Gasteiger partial charge in [-0.1, -0.05) is 0 Å². The largest absolute Gasteiger partial charge is 0.387 e. The Kier molecular flexibility index (Phi) is 2.85. The molecule has 20 heavy (non-hydrogen) atoms. The highest BCUT2D eigenvalue weighted by atomic mass is 35.5. The summed E-state index contributed by atoms with van der Waals surface area (Å²) >= 11 is 5.66. The normalized spacial score (nSPS) is 42.4. The molecule has 3 rings (SSSR count). The summed E-state index contributed by atoms with van der Waals surface area (Å²) in [4.78, 5) is 15.5. The number of fused-ring (bicyclic) bond motifs is 1. The molecule has 1 unspecified atom stereocenters. The number of halogens is 2. The predicted molar refractivity (Wildman–Crippen MR) is 67.5 cm³/mol. The summed E-state index contributed by atoms with van der Waals surface area (Å²) in [7, 11) is 1.59. The van der Waals surface area contributed by atoms with Crippen LogP contribution in [-0.4, -0.2) is 56.2 Å². The van der Waals surface area contributed by atoms with Crippen LogP contribution in [0.4, 0.5) is 10.2 Å². The van der Waals surface area contributed by atoms with Gasteiger partial charge in [0.15, 0.2) is 18.0 Å². The minimum absolute atomic E-state index is 0.279. The van der Waals surface area contributed by atoms with Crippen molar-refractivity contribution >= 4 is 17.4 Å². The number of nitrogens with one attached hydrogen (secondary N) is 1. The van der Waals surface area contributed by atoms with Gasteiger partial charge in [-0.2, -0.15) is 4.98 Å². The van der Waals surface area contributed by atoms with Gasteiger partial charge >= 0.3 is 5.69 Å². The zero-order valence-corrected chi connectivity index (χ0v) is 11.2. The molecule has 0 bridgehead atoms. The minimum atomic E-state index is -2.08. The highest BCUT2D eigenvalue weighted by molar-refractivity contribution is 6.19. The molecule has 0 radical (unpaired) electrons. The van der Waals surface area contributed by atoms with Gasteiger partial charge in [0, 0.05) is 13.2 Å². The van der Waals surface area contributed by atoms with Crippen LogP contribution in [0.25, 0.3) is 0 Å². The molecule has 0 amide bonds. The molecule has 1 aromatic rings. The molecule has 7 nitrogen and oxygen atoms in total. The van der Waals surface area contributed by atoms with Crippen molar-refractivity contribution < 1.29 is 19.3 Å². The summed E-state index contributed by atoms with van der Waals surface area (Å²) in [5.41, 5.74) is -4.38. The second kappa shape index (κ2) is 4.14. The van der Waals surface area contributed by atoms with Crippen LogP contribution < -0.4 is 11.0 Å². The third-order valence-electron chi connectivity index (χ3n) is 4.01. The molecule has 1 aliphatic heterocycles. The Hall–Kier alpha value is -1.22. The van der Waals surface area contributed by atoms with E-state index in [2.05, 4.69) is 10.3 Å². The number of hydrogen-bond acceptors (Lipinski definition) is 6. The van der Waals surface area contributed by atoms with E-state index < -0.39 is 35.4 Å². The summed E-state index contributed by atoms with van der Waals surface area (Å²) < 4.78 is 20.6. The number of aromatic nitrogens is 2. The van der Waals surface area contributed by atoms with Gasteiger partial charge in [0.05, 0.1) is 5.88 Å². The van der Waals surface area contributed by atoms with Gasteiger partial charge in [-0.3, -0.25) is 4.57 Å². The molecular weight excluding hydrogens is 293 g/mol. The van der Waals surface area contributed by atoms with Gasteiger partial charge in [0.1, 0.15) is 17.5 Å². The third kappa shape index (κ3) is 1.39. The number of ether oxygens (including phenoxy) is 1. The van der Waals surface area contributed by atoms with Crippen molar-refractivity contribution in [2.45, 2.75) is 29.7 Å². The lowest BCUT2D eigenvalue weighted by Crippen LogP contribution is -2.38. The number of aliphatic hydroxyl groups is 2. The molecule has 9 heteroatoms. The quantitative estimate of drug-likeness (QED) is 0.635. The van der Waals surface area contributed by atoms with E-state index in [1.165, 1.54) is 12.3 Å². The number of anilines is 1. The van der Waals surface area contributed by atoms with E-state index in [9.17, 15) is 19.4 Å². The monoisotopic (exact) mass is 305 g/mol. The summed E-state index contributed by atoms with van der Waals surface area (Å²) in [5, 5.41) is 22.4.